The SMILES string of the molecule is CCOc1ccc(-c2cccc(C(=O)N/N=C/c3c(Cl)cccc3Cl)n2)cc1. The molecule has 0 aliphatic carbocycles. The van der Waals surface area contributed by atoms with E-state index in [1.807, 2.05) is 37.3 Å². The fraction of sp³-hybridized carbons (Fsp3) is 0.0952. The molecule has 1 heterocycles. The van der Waals surface area contributed by atoms with Crippen LogP contribution in [0.1, 0.15) is 23.0 Å². The normalized spacial score (nSPS) is 10.8. The molecule has 0 saturated heterocycles. The van der Waals surface area contributed by atoms with Crippen molar-refractivity contribution in [2.45, 2.75) is 6.92 Å². The largest absolute Gasteiger partial charge is 0.494 e. The Kier molecular flexibility index (Phi) is 6.63. The summed E-state index contributed by atoms with van der Waals surface area (Å²) in [6, 6.07) is 17.9. The summed E-state index contributed by atoms with van der Waals surface area (Å²) in [7, 11) is 0. The number of nitrogens with zero attached hydrogens (tertiary/aromatic N) is 2. The first kappa shape index (κ1) is 19.9. The van der Waals surface area contributed by atoms with E-state index < -0.39 is 5.91 Å². The minimum Gasteiger partial charge on any atom is -0.494 e. The highest BCUT2D eigenvalue weighted by atomic mass is 35.5. The molecule has 3 rings (SSSR count). The highest BCUT2D eigenvalue weighted by Gasteiger charge is 2.09. The number of aromatic nitrogens is 1. The van der Waals surface area contributed by atoms with Crippen molar-refractivity contribution in [2.24, 2.45) is 5.10 Å². The van der Waals surface area contributed by atoms with E-state index in [0.29, 0.717) is 27.9 Å². The van der Waals surface area contributed by atoms with E-state index in [1.54, 1.807) is 30.3 Å². The molecule has 0 aliphatic rings. The van der Waals surface area contributed by atoms with Crippen LogP contribution in [0.3, 0.4) is 0 Å². The van der Waals surface area contributed by atoms with Gasteiger partial charge in [0.15, 0.2) is 0 Å². The van der Waals surface area contributed by atoms with Gasteiger partial charge in [-0.05, 0) is 55.5 Å². The van der Waals surface area contributed by atoms with Crippen LogP contribution in [0.4, 0.5) is 0 Å². The number of carbonyl (C=O) groups excluding carboxylic acids is 1. The lowest BCUT2D eigenvalue weighted by Gasteiger charge is -2.06. The zero-order valence-electron chi connectivity index (χ0n) is 15.0. The van der Waals surface area contributed by atoms with Crippen molar-refractivity contribution in [1.29, 1.82) is 0 Å². The van der Waals surface area contributed by atoms with E-state index in [-0.39, 0.29) is 5.69 Å². The predicted octanol–water partition coefficient (Wildman–Crippen LogP) is 5.22. The van der Waals surface area contributed by atoms with Crippen LogP contribution in [-0.4, -0.2) is 23.7 Å². The van der Waals surface area contributed by atoms with Gasteiger partial charge in [-0.15, -0.1) is 0 Å². The molecule has 0 aliphatic heterocycles. The summed E-state index contributed by atoms with van der Waals surface area (Å²) in [4.78, 5) is 16.8. The summed E-state index contributed by atoms with van der Waals surface area (Å²) in [5, 5.41) is 4.82. The lowest BCUT2D eigenvalue weighted by Crippen LogP contribution is -2.19. The molecule has 0 fully saturated rings. The van der Waals surface area contributed by atoms with Gasteiger partial charge in [0, 0.05) is 11.1 Å². The van der Waals surface area contributed by atoms with Crippen LogP contribution >= 0.6 is 23.2 Å². The number of nitrogens with one attached hydrogen (secondary N) is 1. The maximum atomic E-state index is 12.4. The van der Waals surface area contributed by atoms with E-state index in [0.717, 1.165) is 11.3 Å². The van der Waals surface area contributed by atoms with Crippen LogP contribution in [0.5, 0.6) is 5.75 Å². The van der Waals surface area contributed by atoms with Crippen molar-refractivity contribution in [2.75, 3.05) is 6.61 Å². The molecular formula is C21H17Cl2N3O2. The number of hydrazone groups is 1. The monoisotopic (exact) mass is 413 g/mol. The number of carbonyl (C=O) groups is 1. The first-order valence-electron chi connectivity index (χ1n) is 8.56. The molecule has 7 heteroatoms. The van der Waals surface area contributed by atoms with Gasteiger partial charge in [0.2, 0.25) is 0 Å². The Bertz CT molecular complexity index is 985. The zero-order chi connectivity index (χ0) is 19.9. The zero-order valence-corrected chi connectivity index (χ0v) is 16.5. The number of hydrogen-bond donors (Lipinski definition) is 1. The van der Waals surface area contributed by atoms with Gasteiger partial charge in [-0.3, -0.25) is 4.79 Å². The molecule has 2 aromatic carbocycles. The number of halogens is 2. The summed E-state index contributed by atoms with van der Waals surface area (Å²) < 4.78 is 5.44. The Morgan fingerprint density at radius 3 is 2.43 bits per heavy atom. The predicted molar refractivity (Wildman–Crippen MR) is 112 cm³/mol. The number of amides is 1. The van der Waals surface area contributed by atoms with Gasteiger partial charge in [-0.2, -0.15) is 5.10 Å². The first-order chi connectivity index (χ1) is 13.6. The van der Waals surface area contributed by atoms with E-state index in [9.17, 15) is 4.79 Å². The number of rotatable bonds is 6. The molecule has 0 bridgehead atoms. The summed E-state index contributed by atoms with van der Waals surface area (Å²) in [5.41, 5.74) is 4.77. The van der Waals surface area contributed by atoms with E-state index >= 15 is 0 Å². The second kappa shape index (κ2) is 9.35. The average molecular weight is 414 g/mol. The standard InChI is InChI=1S/C21H17Cl2N3O2/c1-2-28-15-11-9-14(10-12-15)19-7-4-8-20(25-19)21(27)26-24-13-16-17(22)5-3-6-18(16)23/h3-13H,2H2,1H3,(H,26,27)/b24-13+. The van der Waals surface area contributed by atoms with Gasteiger partial charge in [0.25, 0.3) is 5.91 Å². The van der Waals surface area contributed by atoms with Gasteiger partial charge < -0.3 is 4.74 Å². The van der Waals surface area contributed by atoms with E-state index in [2.05, 4.69) is 15.5 Å². The van der Waals surface area contributed by atoms with Crippen LogP contribution < -0.4 is 10.2 Å². The molecule has 1 amide bonds. The maximum absolute atomic E-state index is 12.4. The molecule has 0 atom stereocenters. The van der Waals surface area contributed by atoms with Crippen LogP contribution in [0.15, 0.2) is 65.8 Å². The first-order valence-corrected chi connectivity index (χ1v) is 9.32. The number of ether oxygens (including phenoxy) is 1. The van der Waals surface area contributed by atoms with E-state index in [1.165, 1.54) is 6.21 Å². The molecule has 5 nitrogen and oxygen atoms in total. The minimum atomic E-state index is -0.438. The van der Waals surface area contributed by atoms with Crippen molar-refractivity contribution in [3.05, 3.63) is 82.0 Å². The second-order valence-electron chi connectivity index (χ2n) is 5.70. The van der Waals surface area contributed by atoms with Crippen molar-refractivity contribution in [1.82, 2.24) is 10.4 Å². The second-order valence-corrected chi connectivity index (χ2v) is 6.51. The molecule has 142 valence electrons. The van der Waals surface area contributed by atoms with Gasteiger partial charge in [-0.25, -0.2) is 10.4 Å². The lowest BCUT2D eigenvalue weighted by molar-refractivity contribution is 0.0950. The van der Waals surface area contributed by atoms with Gasteiger partial charge in [0.1, 0.15) is 11.4 Å². The number of hydrogen-bond acceptors (Lipinski definition) is 4. The fourth-order valence-electron chi connectivity index (χ4n) is 2.46. The molecule has 3 aromatic rings. The Balaban J connectivity index is 1.72. The maximum Gasteiger partial charge on any atom is 0.289 e. The van der Waals surface area contributed by atoms with Gasteiger partial charge >= 0.3 is 0 Å². The summed E-state index contributed by atoms with van der Waals surface area (Å²) >= 11 is 12.1. The highest BCUT2D eigenvalue weighted by Crippen LogP contribution is 2.22. The number of pyridine rings is 1. The molecule has 28 heavy (non-hydrogen) atoms. The van der Waals surface area contributed by atoms with Crippen LogP contribution in [0.2, 0.25) is 10.0 Å². The van der Waals surface area contributed by atoms with Crippen molar-refractivity contribution >= 4 is 35.3 Å². The summed E-state index contributed by atoms with van der Waals surface area (Å²) in [6.07, 6.45) is 1.40. The molecule has 0 unspecified atom stereocenters. The van der Waals surface area contributed by atoms with Gasteiger partial charge in [-0.1, -0.05) is 35.3 Å². The van der Waals surface area contributed by atoms with Crippen molar-refractivity contribution in [3.63, 3.8) is 0 Å². The summed E-state index contributed by atoms with van der Waals surface area (Å²) in [6.45, 7) is 2.53. The summed E-state index contributed by atoms with van der Waals surface area (Å²) in [5.74, 6) is 0.347. The minimum absolute atomic E-state index is 0.244. The lowest BCUT2D eigenvalue weighted by atomic mass is 10.1. The van der Waals surface area contributed by atoms with E-state index in [4.69, 9.17) is 27.9 Å². The molecule has 1 N–H and O–H groups in total. The Labute approximate surface area is 173 Å². The van der Waals surface area contributed by atoms with Crippen LogP contribution in [-0.2, 0) is 0 Å². The van der Waals surface area contributed by atoms with Gasteiger partial charge in [0.05, 0.1) is 28.6 Å². The third-order valence-electron chi connectivity index (χ3n) is 3.80. The molecule has 0 spiro atoms. The molecule has 0 saturated carbocycles. The van der Waals surface area contributed by atoms with Crippen molar-refractivity contribution in [3.8, 4) is 17.0 Å². The average Bonchev–Trinajstić information content (AvgIpc) is 2.71. The van der Waals surface area contributed by atoms with Crippen LogP contribution in [0, 0.1) is 0 Å². The number of benzene rings is 2. The topological polar surface area (TPSA) is 63.6 Å². The highest BCUT2D eigenvalue weighted by molar-refractivity contribution is 6.38. The smallest absolute Gasteiger partial charge is 0.289 e. The third-order valence-corrected chi connectivity index (χ3v) is 4.46. The molecular weight excluding hydrogens is 397 g/mol. The fourth-order valence-corrected chi connectivity index (χ4v) is 2.95. The third kappa shape index (κ3) is 4.88. The Morgan fingerprint density at radius 2 is 1.75 bits per heavy atom. The van der Waals surface area contributed by atoms with Crippen LogP contribution in [0.25, 0.3) is 11.3 Å². The van der Waals surface area contributed by atoms with Crippen molar-refractivity contribution < 1.29 is 9.53 Å². The quantitative estimate of drug-likeness (QED) is 0.445. The molecule has 0 radical (unpaired) electrons. The Hall–Kier alpha value is -2.89. The molecule has 1 aromatic heterocycles. The Morgan fingerprint density at radius 1 is 1.07 bits per heavy atom.